The Bertz CT molecular complexity index is 1020. The Labute approximate surface area is 201 Å². The quantitative estimate of drug-likeness (QED) is 0.484. The number of carbonyl (C=O) groups excluding carboxylic acids is 1. The van der Waals surface area contributed by atoms with Crippen LogP contribution in [-0.4, -0.2) is 75.9 Å². The number of sulfonamides is 1. The van der Waals surface area contributed by atoms with Gasteiger partial charge < -0.3 is 10.1 Å². The summed E-state index contributed by atoms with van der Waals surface area (Å²) in [6.07, 6.45) is 0. The van der Waals surface area contributed by atoms with Crippen LogP contribution in [0.4, 0.5) is 0 Å². The average Bonchev–Trinajstić information content (AvgIpc) is 2.83. The molecule has 1 N–H and O–H groups in total. The van der Waals surface area contributed by atoms with Crippen molar-refractivity contribution in [1.29, 1.82) is 0 Å². The van der Waals surface area contributed by atoms with Gasteiger partial charge in [0.1, 0.15) is 0 Å². The molecule has 1 saturated heterocycles. The van der Waals surface area contributed by atoms with Crippen molar-refractivity contribution in [3.05, 3.63) is 64.7 Å². The molecule has 1 heterocycles. The van der Waals surface area contributed by atoms with Gasteiger partial charge in [0, 0.05) is 49.4 Å². The van der Waals surface area contributed by atoms with Crippen LogP contribution in [0.25, 0.3) is 0 Å². The fraction of sp³-hybridized carbons (Fsp3) is 0.458. The van der Waals surface area contributed by atoms with E-state index < -0.39 is 10.0 Å². The lowest BCUT2D eigenvalue weighted by Gasteiger charge is -2.35. The van der Waals surface area contributed by atoms with Crippen molar-refractivity contribution < 1.29 is 17.9 Å². The molecular weight excluding hydrogens is 462 g/mol. The predicted octanol–water partition coefficient (Wildman–Crippen LogP) is 3.22. The Morgan fingerprint density at radius 2 is 1.73 bits per heavy atom. The lowest BCUT2D eigenvalue weighted by Crippen LogP contribution is -2.43. The highest BCUT2D eigenvalue weighted by molar-refractivity contribution is 7.89. The van der Waals surface area contributed by atoms with E-state index in [9.17, 15) is 13.2 Å². The molecule has 2 aromatic carbocycles. The summed E-state index contributed by atoms with van der Waals surface area (Å²) in [4.78, 5) is 15.2. The van der Waals surface area contributed by atoms with Crippen LogP contribution in [0.2, 0.25) is 5.02 Å². The largest absolute Gasteiger partial charge is 0.379 e. The number of carbonyl (C=O) groups is 1. The minimum Gasteiger partial charge on any atom is -0.379 e. The average molecular weight is 494 g/mol. The maximum atomic E-state index is 12.7. The molecule has 1 unspecified atom stereocenters. The molecule has 180 valence electrons. The van der Waals surface area contributed by atoms with Crippen LogP contribution in [0.15, 0.2) is 53.4 Å². The van der Waals surface area contributed by atoms with Crippen molar-refractivity contribution in [3.8, 4) is 0 Å². The number of nitrogens with zero attached hydrogens (tertiary/aromatic N) is 2. The molecule has 7 nitrogen and oxygen atoms in total. The smallest absolute Gasteiger partial charge is 0.243 e. The summed E-state index contributed by atoms with van der Waals surface area (Å²) in [6, 6.07) is 13.9. The van der Waals surface area contributed by atoms with E-state index in [4.69, 9.17) is 16.3 Å². The molecule has 9 heteroatoms. The maximum absolute atomic E-state index is 12.7. The number of Topliss-reactive ketones (excluding diaryl/α,β-unsaturated/α-hetero) is 1. The molecule has 0 aromatic heterocycles. The zero-order chi connectivity index (χ0) is 23.8. The molecule has 1 fully saturated rings. The second kappa shape index (κ2) is 12.1. The third-order valence-electron chi connectivity index (χ3n) is 5.89. The monoisotopic (exact) mass is 493 g/mol. The van der Waals surface area contributed by atoms with Crippen LogP contribution >= 0.6 is 11.6 Å². The van der Waals surface area contributed by atoms with E-state index in [2.05, 4.69) is 10.2 Å². The highest BCUT2D eigenvalue weighted by Gasteiger charge is 2.25. The molecule has 0 aliphatic carbocycles. The fourth-order valence-corrected chi connectivity index (χ4v) is 5.74. The van der Waals surface area contributed by atoms with Gasteiger partial charge in [0.15, 0.2) is 5.78 Å². The number of hydrogen-bond acceptors (Lipinski definition) is 6. The molecule has 1 aliphatic heterocycles. The molecule has 0 spiro atoms. The van der Waals surface area contributed by atoms with E-state index in [1.807, 2.05) is 24.3 Å². The SMILES string of the molecule is CCN(CC)S(=O)(=O)c1ccc(C(=O)CNCC(c2ccccc2Cl)N2CCOCC2)cc1. The standard InChI is InChI=1S/C24H32ClN3O4S/c1-3-28(4-2)33(30,31)20-11-9-19(10-12-20)24(29)18-26-17-23(27-13-15-32-16-14-27)21-7-5-6-8-22(21)25/h5-12,23,26H,3-4,13-18H2,1-2H3. The second-order valence-corrected chi connectivity index (χ2v) is 10.2. The molecule has 1 atom stereocenters. The van der Waals surface area contributed by atoms with Crippen LogP contribution in [0.5, 0.6) is 0 Å². The lowest BCUT2D eigenvalue weighted by atomic mass is 10.0. The van der Waals surface area contributed by atoms with Gasteiger partial charge in [0.2, 0.25) is 10.0 Å². The second-order valence-electron chi connectivity index (χ2n) is 7.85. The van der Waals surface area contributed by atoms with Crippen LogP contribution < -0.4 is 5.32 Å². The normalized spacial score (nSPS) is 16.1. The van der Waals surface area contributed by atoms with Gasteiger partial charge in [-0.2, -0.15) is 4.31 Å². The van der Waals surface area contributed by atoms with Crippen molar-refractivity contribution in [3.63, 3.8) is 0 Å². The van der Waals surface area contributed by atoms with Gasteiger partial charge in [-0.05, 0) is 23.8 Å². The molecular formula is C24H32ClN3O4S. The summed E-state index contributed by atoms with van der Waals surface area (Å²) in [5.74, 6) is -0.0957. The first-order valence-corrected chi connectivity index (χ1v) is 13.1. The molecule has 33 heavy (non-hydrogen) atoms. The predicted molar refractivity (Wildman–Crippen MR) is 130 cm³/mol. The van der Waals surface area contributed by atoms with Gasteiger partial charge in [-0.25, -0.2) is 8.42 Å². The number of ether oxygens (including phenoxy) is 1. The minimum atomic E-state index is -3.54. The van der Waals surface area contributed by atoms with Gasteiger partial charge in [0.05, 0.1) is 24.7 Å². The summed E-state index contributed by atoms with van der Waals surface area (Å²) >= 11 is 6.47. The number of nitrogens with one attached hydrogen (secondary N) is 1. The first kappa shape index (κ1) is 25.8. The van der Waals surface area contributed by atoms with E-state index in [-0.39, 0.29) is 23.3 Å². The van der Waals surface area contributed by atoms with E-state index >= 15 is 0 Å². The van der Waals surface area contributed by atoms with Gasteiger partial charge >= 0.3 is 0 Å². The Morgan fingerprint density at radius 1 is 1.09 bits per heavy atom. The number of ketones is 1. The minimum absolute atomic E-state index is 0.0250. The van der Waals surface area contributed by atoms with Crippen molar-refractivity contribution in [2.45, 2.75) is 24.8 Å². The van der Waals surface area contributed by atoms with E-state index in [1.54, 1.807) is 26.0 Å². The lowest BCUT2D eigenvalue weighted by molar-refractivity contribution is 0.0162. The molecule has 0 saturated carbocycles. The van der Waals surface area contributed by atoms with Gasteiger partial charge in [-0.3, -0.25) is 9.69 Å². The van der Waals surface area contributed by atoms with Gasteiger partial charge in [0.25, 0.3) is 0 Å². The maximum Gasteiger partial charge on any atom is 0.243 e. The topological polar surface area (TPSA) is 79.0 Å². The summed E-state index contributed by atoms with van der Waals surface area (Å²) in [6.45, 7) is 8.05. The van der Waals surface area contributed by atoms with Gasteiger partial charge in [-0.15, -0.1) is 0 Å². The first-order valence-electron chi connectivity index (χ1n) is 11.3. The first-order chi connectivity index (χ1) is 15.9. The summed E-state index contributed by atoms with van der Waals surface area (Å²) in [5, 5.41) is 3.97. The molecule has 0 radical (unpaired) electrons. The van der Waals surface area contributed by atoms with Crippen LogP contribution in [-0.2, 0) is 14.8 Å². The van der Waals surface area contributed by atoms with Crippen LogP contribution in [0.1, 0.15) is 35.8 Å². The van der Waals surface area contributed by atoms with Gasteiger partial charge in [-0.1, -0.05) is 55.8 Å². The van der Waals surface area contributed by atoms with Crippen LogP contribution in [0.3, 0.4) is 0 Å². The summed E-state index contributed by atoms with van der Waals surface area (Å²) in [7, 11) is -3.54. The van der Waals surface area contributed by atoms with Crippen LogP contribution in [0, 0.1) is 0 Å². The molecule has 0 bridgehead atoms. The number of hydrogen-bond donors (Lipinski definition) is 1. The highest BCUT2D eigenvalue weighted by Crippen LogP contribution is 2.27. The number of halogens is 1. The number of benzene rings is 2. The Morgan fingerprint density at radius 3 is 2.33 bits per heavy atom. The van der Waals surface area contributed by atoms with Crippen molar-refractivity contribution in [2.24, 2.45) is 0 Å². The summed E-state index contributed by atoms with van der Waals surface area (Å²) in [5.41, 5.74) is 1.49. The van der Waals surface area contributed by atoms with Crippen molar-refractivity contribution in [2.75, 3.05) is 52.5 Å². The third kappa shape index (κ3) is 6.41. The molecule has 3 rings (SSSR count). The van der Waals surface area contributed by atoms with Crippen molar-refractivity contribution >= 4 is 27.4 Å². The van der Waals surface area contributed by atoms with E-state index in [0.29, 0.717) is 43.4 Å². The Hall–Kier alpha value is -1.81. The van der Waals surface area contributed by atoms with E-state index in [1.165, 1.54) is 16.4 Å². The van der Waals surface area contributed by atoms with Crippen molar-refractivity contribution in [1.82, 2.24) is 14.5 Å². The number of rotatable bonds is 11. The zero-order valence-corrected chi connectivity index (χ0v) is 20.7. The summed E-state index contributed by atoms with van der Waals surface area (Å²) < 4.78 is 32.2. The molecule has 1 aliphatic rings. The molecule has 0 amide bonds. The Kier molecular flexibility index (Phi) is 9.43. The highest BCUT2D eigenvalue weighted by atomic mass is 35.5. The molecule has 2 aromatic rings. The zero-order valence-electron chi connectivity index (χ0n) is 19.2. The Balaban J connectivity index is 1.64. The fourth-order valence-electron chi connectivity index (χ4n) is 4.02. The number of morpholine rings is 1. The third-order valence-corrected chi connectivity index (χ3v) is 8.30. The van der Waals surface area contributed by atoms with E-state index in [0.717, 1.165) is 18.7 Å².